The number of benzene rings is 1. The molecular weight excluding hydrogens is 330 g/mol. The predicted octanol–water partition coefficient (Wildman–Crippen LogP) is 4.74. The van der Waals surface area contributed by atoms with E-state index in [-0.39, 0.29) is 11.7 Å². The van der Waals surface area contributed by atoms with E-state index in [1.165, 1.54) is 0 Å². The Kier molecular flexibility index (Phi) is 4.89. The first-order chi connectivity index (χ1) is 9.60. The van der Waals surface area contributed by atoms with E-state index in [0.29, 0.717) is 12.3 Å². The molecule has 3 nitrogen and oxygen atoms in total. The number of anilines is 1. The third kappa shape index (κ3) is 3.66. The molecule has 1 N–H and O–H groups in total. The predicted molar refractivity (Wildman–Crippen MR) is 77.1 cm³/mol. The van der Waals surface area contributed by atoms with Gasteiger partial charge in [-0.15, -0.1) is 0 Å². The average Bonchev–Trinajstić information content (AvgIpc) is 2.43. The number of aromatic nitrogens is 1. The first-order valence-corrected chi connectivity index (χ1v) is 6.92. The summed E-state index contributed by atoms with van der Waals surface area (Å²) < 4.78 is 33.4. The van der Waals surface area contributed by atoms with Crippen LogP contribution in [0.4, 0.5) is 14.6 Å². The lowest BCUT2D eigenvalue weighted by Gasteiger charge is -2.10. The second-order valence-electron chi connectivity index (χ2n) is 4.09. The number of pyridine rings is 1. The van der Waals surface area contributed by atoms with Gasteiger partial charge in [0.1, 0.15) is 5.75 Å². The zero-order chi connectivity index (χ0) is 14.5. The Balaban J connectivity index is 2.24. The van der Waals surface area contributed by atoms with E-state index < -0.39 is 11.6 Å². The fourth-order valence-corrected chi connectivity index (χ4v) is 1.77. The molecule has 0 spiro atoms. The van der Waals surface area contributed by atoms with Crippen LogP contribution in [0.3, 0.4) is 0 Å². The summed E-state index contributed by atoms with van der Waals surface area (Å²) in [7, 11) is 0. The van der Waals surface area contributed by atoms with Crippen molar-refractivity contribution in [3.63, 3.8) is 0 Å². The second kappa shape index (κ2) is 6.65. The van der Waals surface area contributed by atoms with E-state index in [0.717, 1.165) is 17.0 Å². The minimum atomic E-state index is -0.840. The third-order valence-corrected chi connectivity index (χ3v) is 3.00. The van der Waals surface area contributed by atoms with Crippen molar-refractivity contribution in [3.8, 4) is 11.6 Å². The maximum atomic E-state index is 13.7. The Morgan fingerprint density at radius 3 is 2.55 bits per heavy atom. The Morgan fingerprint density at radius 2 is 1.90 bits per heavy atom. The van der Waals surface area contributed by atoms with Crippen LogP contribution in [-0.4, -0.2) is 11.5 Å². The molecule has 0 unspecified atom stereocenters. The monoisotopic (exact) mass is 342 g/mol. The summed E-state index contributed by atoms with van der Waals surface area (Å²) in [6.07, 6.45) is 0.807. The molecule has 0 radical (unpaired) electrons. The van der Waals surface area contributed by atoms with Gasteiger partial charge in [-0.05, 0) is 30.7 Å². The quantitative estimate of drug-likeness (QED) is 0.852. The lowest BCUT2D eigenvalue weighted by molar-refractivity contribution is 0.418. The van der Waals surface area contributed by atoms with E-state index in [4.69, 9.17) is 4.74 Å². The van der Waals surface area contributed by atoms with Crippen molar-refractivity contribution < 1.29 is 13.5 Å². The van der Waals surface area contributed by atoms with Crippen LogP contribution in [0, 0.1) is 11.6 Å². The lowest BCUT2D eigenvalue weighted by Crippen LogP contribution is -2.06. The van der Waals surface area contributed by atoms with Crippen LogP contribution in [-0.2, 0) is 0 Å². The molecule has 1 aromatic heterocycles. The van der Waals surface area contributed by atoms with Gasteiger partial charge in [-0.2, -0.15) is 4.98 Å². The van der Waals surface area contributed by atoms with Gasteiger partial charge in [-0.1, -0.05) is 22.9 Å². The molecule has 1 aromatic carbocycles. The fourth-order valence-electron chi connectivity index (χ4n) is 1.50. The van der Waals surface area contributed by atoms with Crippen molar-refractivity contribution in [2.24, 2.45) is 0 Å². The molecule has 20 heavy (non-hydrogen) atoms. The smallest absolute Gasteiger partial charge is 0.258 e. The Labute approximate surface area is 124 Å². The number of nitrogens with one attached hydrogen (secondary N) is 1. The maximum absolute atomic E-state index is 13.7. The average molecular weight is 343 g/mol. The summed E-state index contributed by atoms with van der Waals surface area (Å²) in [5.74, 6) is -1.42. The molecule has 2 rings (SSSR count). The molecular formula is C14H13BrF2N2O. The summed E-state index contributed by atoms with van der Waals surface area (Å²) in [5, 5.41) is 2.78. The van der Waals surface area contributed by atoms with Crippen molar-refractivity contribution in [1.82, 2.24) is 4.98 Å². The highest BCUT2D eigenvalue weighted by atomic mass is 79.9. The molecule has 6 heteroatoms. The zero-order valence-electron chi connectivity index (χ0n) is 10.8. The number of hydrogen-bond donors (Lipinski definition) is 1. The fraction of sp³-hybridized carbons (Fsp3) is 0.214. The van der Waals surface area contributed by atoms with Gasteiger partial charge >= 0.3 is 0 Å². The zero-order valence-corrected chi connectivity index (χ0v) is 12.4. The lowest BCUT2D eigenvalue weighted by atomic mass is 10.3. The van der Waals surface area contributed by atoms with E-state index >= 15 is 0 Å². The Morgan fingerprint density at radius 1 is 1.20 bits per heavy atom. The molecule has 0 aliphatic carbocycles. The molecule has 2 aromatic rings. The summed E-state index contributed by atoms with van der Waals surface area (Å²) >= 11 is 3.29. The van der Waals surface area contributed by atoms with Crippen molar-refractivity contribution in [2.75, 3.05) is 11.9 Å². The summed E-state index contributed by atoms with van der Waals surface area (Å²) in [6, 6.07) is 7.60. The van der Waals surface area contributed by atoms with Gasteiger partial charge in [0.25, 0.3) is 5.88 Å². The van der Waals surface area contributed by atoms with Crippen LogP contribution in [0.1, 0.15) is 13.3 Å². The number of hydrogen-bond acceptors (Lipinski definition) is 3. The molecule has 0 saturated heterocycles. The number of nitrogens with zero attached hydrogens (tertiary/aromatic N) is 1. The molecule has 0 atom stereocenters. The van der Waals surface area contributed by atoms with Gasteiger partial charge in [0, 0.05) is 17.1 Å². The van der Waals surface area contributed by atoms with Crippen LogP contribution >= 0.6 is 15.9 Å². The van der Waals surface area contributed by atoms with Crippen LogP contribution in [0.15, 0.2) is 34.8 Å². The van der Waals surface area contributed by atoms with Crippen LogP contribution in [0.5, 0.6) is 11.6 Å². The van der Waals surface area contributed by atoms with Crippen LogP contribution in [0.2, 0.25) is 0 Å². The van der Waals surface area contributed by atoms with Crippen molar-refractivity contribution in [1.29, 1.82) is 0 Å². The maximum Gasteiger partial charge on any atom is 0.258 e. The van der Waals surface area contributed by atoms with Gasteiger partial charge in [0.15, 0.2) is 17.5 Å². The largest absolute Gasteiger partial charge is 0.436 e. The topological polar surface area (TPSA) is 34.2 Å². The standard InChI is InChI=1S/C14H13BrF2N2O/c1-2-7-18-13-11(16)8-12(17)14(19-13)20-10-5-3-9(15)4-6-10/h3-6,8H,2,7H2,1H3,(H,18,19). The summed E-state index contributed by atoms with van der Waals surface area (Å²) in [5.41, 5.74) is 0. The highest BCUT2D eigenvalue weighted by Crippen LogP contribution is 2.26. The molecule has 0 saturated carbocycles. The SMILES string of the molecule is CCCNc1nc(Oc2ccc(Br)cc2)c(F)cc1F. The Hall–Kier alpha value is -1.69. The highest BCUT2D eigenvalue weighted by molar-refractivity contribution is 9.10. The second-order valence-corrected chi connectivity index (χ2v) is 5.00. The van der Waals surface area contributed by atoms with E-state index in [9.17, 15) is 8.78 Å². The number of ether oxygens (including phenoxy) is 1. The first kappa shape index (κ1) is 14.7. The van der Waals surface area contributed by atoms with Crippen LogP contribution < -0.4 is 10.1 Å². The summed E-state index contributed by atoms with van der Waals surface area (Å²) in [6.45, 7) is 2.49. The molecule has 1 heterocycles. The van der Waals surface area contributed by atoms with Crippen LogP contribution in [0.25, 0.3) is 0 Å². The highest BCUT2D eigenvalue weighted by Gasteiger charge is 2.13. The minimum absolute atomic E-state index is 0.0136. The van der Waals surface area contributed by atoms with E-state index in [1.54, 1.807) is 24.3 Å². The van der Waals surface area contributed by atoms with Gasteiger partial charge in [-0.25, -0.2) is 8.78 Å². The van der Waals surface area contributed by atoms with E-state index in [2.05, 4.69) is 26.2 Å². The van der Waals surface area contributed by atoms with Gasteiger partial charge in [0.05, 0.1) is 0 Å². The van der Waals surface area contributed by atoms with Gasteiger partial charge in [-0.3, -0.25) is 0 Å². The number of halogens is 3. The van der Waals surface area contributed by atoms with Crippen molar-refractivity contribution in [2.45, 2.75) is 13.3 Å². The summed E-state index contributed by atoms with van der Waals surface area (Å²) in [4.78, 5) is 3.83. The molecule has 0 fully saturated rings. The van der Waals surface area contributed by atoms with E-state index in [1.807, 2.05) is 6.92 Å². The van der Waals surface area contributed by atoms with Crippen molar-refractivity contribution in [3.05, 3.63) is 46.4 Å². The molecule has 0 aliphatic heterocycles. The van der Waals surface area contributed by atoms with Gasteiger partial charge in [0.2, 0.25) is 0 Å². The molecule has 0 aliphatic rings. The molecule has 0 bridgehead atoms. The normalized spacial score (nSPS) is 10.4. The first-order valence-electron chi connectivity index (χ1n) is 6.13. The third-order valence-electron chi connectivity index (χ3n) is 2.47. The molecule has 0 amide bonds. The van der Waals surface area contributed by atoms with Crippen molar-refractivity contribution >= 4 is 21.7 Å². The molecule has 106 valence electrons. The number of rotatable bonds is 5. The Bertz CT molecular complexity index is 590. The minimum Gasteiger partial charge on any atom is -0.436 e. The van der Waals surface area contributed by atoms with Gasteiger partial charge < -0.3 is 10.1 Å².